The number of ether oxygens (including phenoxy) is 1. The quantitative estimate of drug-likeness (QED) is 0.823. The summed E-state index contributed by atoms with van der Waals surface area (Å²) >= 11 is 3.31. The highest BCUT2D eigenvalue weighted by Crippen LogP contribution is 2.21. The maximum Gasteiger partial charge on any atom is 0.330 e. The minimum atomic E-state index is -1.09. The molecule has 4 heteroatoms. The Labute approximate surface area is 91.4 Å². The SMILES string of the molecule is COC(=O)C(C)(N)c1ccc(Br)cc1. The van der Waals surface area contributed by atoms with E-state index in [1.807, 2.05) is 12.1 Å². The molecule has 14 heavy (non-hydrogen) atoms. The van der Waals surface area contributed by atoms with E-state index in [0.717, 1.165) is 10.0 Å². The summed E-state index contributed by atoms with van der Waals surface area (Å²) in [6, 6.07) is 7.26. The number of hydrogen-bond donors (Lipinski definition) is 1. The van der Waals surface area contributed by atoms with Crippen molar-refractivity contribution in [2.45, 2.75) is 12.5 Å². The minimum Gasteiger partial charge on any atom is -0.467 e. The van der Waals surface area contributed by atoms with E-state index in [4.69, 9.17) is 5.73 Å². The van der Waals surface area contributed by atoms with Crippen LogP contribution in [0.4, 0.5) is 0 Å². The van der Waals surface area contributed by atoms with E-state index in [1.165, 1.54) is 7.11 Å². The number of methoxy groups -OCH3 is 1. The Bertz CT molecular complexity index is 332. The lowest BCUT2D eigenvalue weighted by molar-refractivity contribution is -0.146. The number of nitrogens with two attached hydrogens (primary N) is 1. The van der Waals surface area contributed by atoms with Gasteiger partial charge in [-0.2, -0.15) is 0 Å². The number of rotatable bonds is 2. The lowest BCUT2D eigenvalue weighted by Crippen LogP contribution is -2.42. The van der Waals surface area contributed by atoms with Crippen molar-refractivity contribution in [3.05, 3.63) is 34.3 Å². The summed E-state index contributed by atoms with van der Waals surface area (Å²) in [5.41, 5.74) is 5.49. The second-order valence-corrected chi connectivity index (χ2v) is 4.12. The van der Waals surface area contributed by atoms with Crippen molar-refractivity contribution in [1.82, 2.24) is 0 Å². The first-order valence-corrected chi connectivity index (χ1v) is 4.91. The molecule has 0 heterocycles. The minimum absolute atomic E-state index is 0.445. The number of benzene rings is 1. The predicted molar refractivity (Wildman–Crippen MR) is 57.7 cm³/mol. The second kappa shape index (κ2) is 4.11. The van der Waals surface area contributed by atoms with E-state index in [2.05, 4.69) is 20.7 Å². The van der Waals surface area contributed by atoms with Crippen LogP contribution in [0.2, 0.25) is 0 Å². The molecule has 0 bridgehead atoms. The maximum atomic E-state index is 11.4. The molecule has 0 saturated heterocycles. The summed E-state index contributed by atoms with van der Waals surface area (Å²) in [7, 11) is 1.33. The molecule has 3 nitrogen and oxygen atoms in total. The van der Waals surface area contributed by atoms with Crippen LogP contribution in [0, 0.1) is 0 Å². The van der Waals surface area contributed by atoms with Gasteiger partial charge < -0.3 is 10.5 Å². The average molecular weight is 258 g/mol. The molecule has 0 saturated carbocycles. The second-order valence-electron chi connectivity index (χ2n) is 3.20. The fourth-order valence-electron chi connectivity index (χ4n) is 1.13. The number of carbonyl (C=O) groups excluding carboxylic acids is 1. The van der Waals surface area contributed by atoms with Crippen molar-refractivity contribution in [2.24, 2.45) is 5.73 Å². The van der Waals surface area contributed by atoms with E-state index in [9.17, 15) is 4.79 Å². The van der Waals surface area contributed by atoms with Crippen LogP contribution in [0.5, 0.6) is 0 Å². The molecule has 1 unspecified atom stereocenters. The molecule has 76 valence electrons. The number of esters is 1. The van der Waals surface area contributed by atoms with Gasteiger partial charge in [0.25, 0.3) is 0 Å². The van der Waals surface area contributed by atoms with E-state index < -0.39 is 11.5 Å². The smallest absolute Gasteiger partial charge is 0.330 e. The molecule has 0 spiro atoms. The Morgan fingerprint density at radius 2 is 1.93 bits per heavy atom. The molecule has 0 aliphatic rings. The predicted octanol–water partition coefficient (Wildman–Crippen LogP) is 1.80. The van der Waals surface area contributed by atoms with Gasteiger partial charge in [0.05, 0.1) is 7.11 Å². The number of halogens is 1. The van der Waals surface area contributed by atoms with E-state index in [0.29, 0.717) is 0 Å². The number of carbonyl (C=O) groups is 1. The zero-order valence-corrected chi connectivity index (χ0v) is 9.67. The molecule has 0 aliphatic carbocycles. The maximum absolute atomic E-state index is 11.4. The van der Waals surface area contributed by atoms with Crippen molar-refractivity contribution < 1.29 is 9.53 Å². The first-order valence-electron chi connectivity index (χ1n) is 4.12. The van der Waals surface area contributed by atoms with Crippen molar-refractivity contribution in [3.8, 4) is 0 Å². The molecule has 1 aromatic rings. The number of hydrogen-bond acceptors (Lipinski definition) is 3. The normalized spacial score (nSPS) is 14.6. The Balaban J connectivity index is 3.03. The summed E-state index contributed by atoms with van der Waals surface area (Å²) in [5, 5.41) is 0. The lowest BCUT2D eigenvalue weighted by Gasteiger charge is -2.21. The Morgan fingerprint density at radius 3 is 2.36 bits per heavy atom. The molecule has 0 aromatic heterocycles. The lowest BCUT2D eigenvalue weighted by atomic mass is 9.93. The van der Waals surface area contributed by atoms with Crippen LogP contribution in [-0.2, 0) is 15.1 Å². The third kappa shape index (κ3) is 2.13. The van der Waals surface area contributed by atoms with Crippen molar-refractivity contribution >= 4 is 21.9 Å². The van der Waals surface area contributed by atoms with Crippen LogP contribution < -0.4 is 5.73 Å². The molecule has 0 aliphatic heterocycles. The van der Waals surface area contributed by atoms with Gasteiger partial charge in [-0.15, -0.1) is 0 Å². The highest BCUT2D eigenvalue weighted by atomic mass is 79.9. The highest BCUT2D eigenvalue weighted by Gasteiger charge is 2.31. The van der Waals surface area contributed by atoms with Gasteiger partial charge in [-0.25, -0.2) is 4.79 Å². The van der Waals surface area contributed by atoms with E-state index in [1.54, 1.807) is 19.1 Å². The largest absolute Gasteiger partial charge is 0.467 e. The fraction of sp³-hybridized carbons (Fsp3) is 0.300. The monoisotopic (exact) mass is 257 g/mol. The summed E-state index contributed by atoms with van der Waals surface area (Å²) in [6.45, 7) is 1.63. The standard InChI is InChI=1S/C10H12BrNO2/c1-10(12,9(13)14-2)7-3-5-8(11)6-4-7/h3-6H,12H2,1-2H3. The topological polar surface area (TPSA) is 52.3 Å². The summed E-state index contributed by atoms with van der Waals surface area (Å²) < 4.78 is 5.57. The molecule has 0 fully saturated rings. The van der Waals surface area contributed by atoms with Crippen LogP contribution in [0.3, 0.4) is 0 Å². The molecule has 0 amide bonds. The van der Waals surface area contributed by atoms with Crippen molar-refractivity contribution in [3.63, 3.8) is 0 Å². The van der Waals surface area contributed by atoms with Gasteiger partial charge in [0, 0.05) is 4.47 Å². The Kier molecular flexibility index (Phi) is 3.29. The van der Waals surface area contributed by atoms with Crippen LogP contribution in [0.1, 0.15) is 12.5 Å². The summed E-state index contributed by atoms with van der Waals surface area (Å²) in [5.74, 6) is -0.445. The van der Waals surface area contributed by atoms with E-state index >= 15 is 0 Å². The third-order valence-corrected chi connectivity index (χ3v) is 2.58. The summed E-state index contributed by atoms with van der Waals surface area (Å²) in [4.78, 5) is 11.4. The van der Waals surface area contributed by atoms with Crippen LogP contribution in [0.25, 0.3) is 0 Å². The van der Waals surface area contributed by atoms with Gasteiger partial charge in [0.15, 0.2) is 0 Å². The van der Waals surface area contributed by atoms with Gasteiger partial charge in [-0.1, -0.05) is 28.1 Å². The van der Waals surface area contributed by atoms with Crippen molar-refractivity contribution in [2.75, 3.05) is 7.11 Å². The van der Waals surface area contributed by atoms with E-state index in [-0.39, 0.29) is 0 Å². The molecule has 1 atom stereocenters. The Hall–Kier alpha value is -0.870. The first-order chi connectivity index (χ1) is 6.48. The van der Waals surface area contributed by atoms with Crippen LogP contribution in [0.15, 0.2) is 28.7 Å². The zero-order chi connectivity index (χ0) is 10.8. The molecule has 2 N–H and O–H groups in total. The molecular formula is C10H12BrNO2. The van der Waals surface area contributed by atoms with Gasteiger partial charge in [-0.3, -0.25) is 0 Å². The fourth-order valence-corrected chi connectivity index (χ4v) is 1.39. The van der Waals surface area contributed by atoms with Gasteiger partial charge >= 0.3 is 5.97 Å². The molecule has 1 aromatic carbocycles. The highest BCUT2D eigenvalue weighted by molar-refractivity contribution is 9.10. The van der Waals surface area contributed by atoms with Crippen LogP contribution in [-0.4, -0.2) is 13.1 Å². The molecular weight excluding hydrogens is 246 g/mol. The van der Waals surface area contributed by atoms with Gasteiger partial charge in [0.1, 0.15) is 5.54 Å². The third-order valence-electron chi connectivity index (χ3n) is 2.05. The summed E-state index contributed by atoms with van der Waals surface area (Å²) in [6.07, 6.45) is 0. The van der Waals surface area contributed by atoms with Gasteiger partial charge in [0.2, 0.25) is 0 Å². The van der Waals surface area contributed by atoms with Crippen molar-refractivity contribution in [1.29, 1.82) is 0 Å². The first kappa shape index (κ1) is 11.2. The van der Waals surface area contributed by atoms with Gasteiger partial charge in [-0.05, 0) is 24.6 Å². The van der Waals surface area contributed by atoms with Crippen LogP contribution >= 0.6 is 15.9 Å². The molecule has 1 rings (SSSR count). The average Bonchev–Trinajstić information content (AvgIpc) is 2.17. The molecule has 0 radical (unpaired) electrons. The zero-order valence-electron chi connectivity index (χ0n) is 8.08. The Morgan fingerprint density at radius 1 is 1.43 bits per heavy atom.